The van der Waals surface area contributed by atoms with E-state index in [9.17, 15) is 4.39 Å². The van der Waals surface area contributed by atoms with Gasteiger partial charge >= 0.3 is 0 Å². The molecule has 0 aliphatic rings. The van der Waals surface area contributed by atoms with Crippen molar-refractivity contribution in [3.63, 3.8) is 0 Å². The summed E-state index contributed by atoms with van der Waals surface area (Å²) in [5, 5.41) is 0.0435. The van der Waals surface area contributed by atoms with Crippen molar-refractivity contribution < 1.29 is 4.39 Å². The zero-order valence-corrected chi connectivity index (χ0v) is 11.4. The number of halogens is 2. The maximum absolute atomic E-state index is 14.0. The molecule has 2 rings (SSSR count). The maximum atomic E-state index is 14.0. The van der Waals surface area contributed by atoms with E-state index in [4.69, 9.17) is 17.4 Å². The maximum Gasteiger partial charge on any atom is 0.164 e. The Balaban J connectivity index is 2.65. The monoisotopic (exact) mass is 280 g/mol. The normalized spacial score (nSPS) is 10.6. The van der Waals surface area contributed by atoms with Crippen molar-refractivity contribution in [2.75, 3.05) is 5.43 Å². The van der Waals surface area contributed by atoms with Gasteiger partial charge in [0.05, 0.1) is 10.6 Å². The van der Waals surface area contributed by atoms with Gasteiger partial charge in [0.25, 0.3) is 0 Å². The molecule has 0 unspecified atom stereocenters. The first-order chi connectivity index (χ1) is 9.08. The second-order valence-electron chi connectivity index (χ2n) is 4.07. The summed E-state index contributed by atoms with van der Waals surface area (Å²) in [6.07, 6.45) is 0.707. The van der Waals surface area contributed by atoms with E-state index in [1.54, 1.807) is 12.1 Å². The molecule has 4 nitrogen and oxygen atoms in total. The first-order valence-corrected chi connectivity index (χ1v) is 6.24. The average Bonchev–Trinajstić information content (AvgIpc) is 2.42. The SMILES string of the molecule is CCc1nc(-c2cccc(Cl)c2F)nc(NN)c1C. The molecule has 0 atom stereocenters. The van der Waals surface area contributed by atoms with Crippen LogP contribution < -0.4 is 11.3 Å². The Morgan fingerprint density at radius 3 is 2.74 bits per heavy atom. The largest absolute Gasteiger partial charge is 0.308 e. The van der Waals surface area contributed by atoms with E-state index >= 15 is 0 Å². The van der Waals surface area contributed by atoms with E-state index in [2.05, 4.69) is 15.4 Å². The number of anilines is 1. The zero-order chi connectivity index (χ0) is 14.0. The number of aromatic nitrogens is 2. The number of hydrazine groups is 1. The number of rotatable bonds is 3. The summed E-state index contributed by atoms with van der Waals surface area (Å²) in [5.41, 5.74) is 4.44. The zero-order valence-electron chi connectivity index (χ0n) is 10.7. The van der Waals surface area contributed by atoms with E-state index in [0.717, 1.165) is 11.3 Å². The second-order valence-corrected chi connectivity index (χ2v) is 4.47. The minimum atomic E-state index is -0.530. The van der Waals surface area contributed by atoms with Crippen molar-refractivity contribution in [1.29, 1.82) is 0 Å². The van der Waals surface area contributed by atoms with Crippen LogP contribution in [-0.2, 0) is 6.42 Å². The predicted octanol–water partition coefficient (Wildman–Crippen LogP) is 3.09. The third-order valence-electron chi connectivity index (χ3n) is 2.91. The number of hydrogen-bond acceptors (Lipinski definition) is 4. The minimum Gasteiger partial charge on any atom is -0.308 e. The molecule has 100 valence electrons. The molecular formula is C13H14ClFN4. The Morgan fingerprint density at radius 2 is 2.11 bits per heavy atom. The van der Waals surface area contributed by atoms with Crippen molar-refractivity contribution in [3.8, 4) is 11.4 Å². The third-order valence-corrected chi connectivity index (χ3v) is 3.20. The molecule has 0 radical (unpaired) electrons. The van der Waals surface area contributed by atoms with Crippen LogP contribution in [0.1, 0.15) is 18.2 Å². The van der Waals surface area contributed by atoms with Crippen LogP contribution in [0.15, 0.2) is 18.2 Å². The summed E-state index contributed by atoms with van der Waals surface area (Å²) in [7, 11) is 0. The van der Waals surface area contributed by atoms with E-state index in [1.165, 1.54) is 6.07 Å². The first-order valence-electron chi connectivity index (χ1n) is 5.87. The number of hydrogen-bond donors (Lipinski definition) is 2. The highest BCUT2D eigenvalue weighted by Crippen LogP contribution is 2.27. The van der Waals surface area contributed by atoms with Gasteiger partial charge in [0, 0.05) is 11.3 Å². The molecule has 0 spiro atoms. The Bertz CT molecular complexity index is 591. The number of nitrogens with two attached hydrogens (primary N) is 1. The van der Waals surface area contributed by atoms with Crippen LogP contribution in [0, 0.1) is 12.7 Å². The lowest BCUT2D eigenvalue weighted by Crippen LogP contribution is -2.13. The van der Waals surface area contributed by atoms with Crippen LogP contribution in [0.4, 0.5) is 10.2 Å². The van der Waals surface area contributed by atoms with Crippen LogP contribution in [0.3, 0.4) is 0 Å². The minimum absolute atomic E-state index is 0.0435. The highest BCUT2D eigenvalue weighted by atomic mass is 35.5. The van der Waals surface area contributed by atoms with Crippen molar-refractivity contribution in [2.24, 2.45) is 5.84 Å². The molecule has 0 bridgehead atoms. The fraction of sp³-hybridized carbons (Fsp3) is 0.231. The van der Waals surface area contributed by atoms with E-state index in [-0.39, 0.29) is 16.4 Å². The van der Waals surface area contributed by atoms with Crippen molar-refractivity contribution in [1.82, 2.24) is 9.97 Å². The summed E-state index contributed by atoms with van der Waals surface area (Å²) in [6.45, 7) is 3.83. The molecule has 1 aromatic heterocycles. The fourth-order valence-corrected chi connectivity index (χ4v) is 2.02. The van der Waals surface area contributed by atoms with Gasteiger partial charge in [0.1, 0.15) is 5.82 Å². The topological polar surface area (TPSA) is 63.8 Å². The molecule has 0 saturated carbocycles. The summed E-state index contributed by atoms with van der Waals surface area (Å²) in [6, 6.07) is 4.73. The van der Waals surface area contributed by atoms with Crippen LogP contribution in [-0.4, -0.2) is 9.97 Å². The number of nitrogen functional groups attached to an aromatic ring is 1. The number of aryl methyl sites for hydroxylation is 1. The molecule has 0 amide bonds. The van der Waals surface area contributed by atoms with E-state index < -0.39 is 5.82 Å². The second kappa shape index (κ2) is 5.50. The highest BCUT2D eigenvalue weighted by Gasteiger charge is 2.15. The molecule has 0 aliphatic heterocycles. The van der Waals surface area contributed by atoms with Crippen LogP contribution in [0.25, 0.3) is 11.4 Å². The van der Waals surface area contributed by atoms with E-state index in [0.29, 0.717) is 12.2 Å². The van der Waals surface area contributed by atoms with Crippen LogP contribution in [0.5, 0.6) is 0 Å². The molecule has 19 heavy (non-hydrogen) atoms. The third kappa shape index (κ3) is 2.52. The lowest BCUT2D eigenvalue weighted by molar-refractivity contribution is 0.630. The van der Waals surface area contributed by atoms with Gasteiger partial charge in [0.2, 0.25) is 0 Å². The number of nitrogens with zero attached hydrogens (tertiary/aromatic N) is 2. The van der Waals surface area contributed by atoms with Gasteiger partial charge < -0.3 is 5.43 Å². The smallest absolute Gasteiger partial charge is 0.164 e. The van der Waals surface area contributed by atoms with Crippen LogP contribution in [0.2, 0.25) is 5.02 Å². The van der Waals surface area contributed by atoms with E-state index in [1.807, 2.05) is 13.8 Å². The van der Waals surface area contributed by atoms with Gasteiger partial charge in [0.15, 0.2) is 11.6 Å². The van der Waals surface area contributed by atoms with Crippen molar-refractivity contribution >= 4 is 17.4 Å². The molecule has 0 aliphatic carbocycles. The van der Waals surface area contributed by atoms with Gasteiger partial charge in [-0.3, -0.25) is 0 Å². The predicted molar refractivity (Wildman–Crippen MR) is 74.4 cm³/mol. The molecule has 0 saturated heterocycles. The standard InChI is InChI=1S/C13H14ClFN4/c1-3-10-7(2)12(19-16)18-13(17-10)8-5-4-6-9(14)11(8)15/h4-6H,3,16H2,1-2H3,(H,17,18,19). The Morgan fingerprint density at radius 1 is 1.37 bits per heavy atom. The lowest BCUT2D eigenvalue weighted by Gasteiger charge is -2.11. The highest BCUT2D eigenvalue weighted by molar-refractivity contribution is 6.31. The molecule has 2 aromatic rings. The first kappa shape index (κ1) is 13.7. The summed E-state index contributed by atoms with van der Waals surface area (Å²) in [5.74, 6) is 5.66. The van der Waals surface area contributed by atoms with Gasteiger partial charge in [-0.25, -0.2) is 20.2 Å². The number of nitrogens with one attached hydrogen (secondary N) is 1. The Labute approximate surface area is 115 Å². The number of benzene rings is 1. The van der Waals surface area contributed by atoms with Crippen molar-refractivity contribution in [3.05, 3.63) is 40.3 Å². The molecule has 1 heterocycles. The molecule has 6 heteroatoms. The molecule has 3 N–H and O–H groups in total. The average molecular weight is 281 g/mol. The summed E-state index contributed by atoms with van der Waals surface area (Å²) >= 11 is 5.77. The quantitative estimate of drug-likeness (QED) is 0.670. The Hall–Kier alpha value is -1.72. The van der Waals surface area contributed by atoms with Crippen molar-refractivity contribution in [2.45, 2.75) is 20.3 Å². The molecular weight excluding hydrogens is 267 g/mol. The lowest BCUT2D eigenvalue weighted by atomic mass is 10.1. The summed E-state index contributed by atoms with van der Waals surface area (Å²) < 4.78 is 14.0. The fourth-order valence-electron chi connectivity index (χ4n) is 1.84. The molecule has 0 fully saturated rings. The Kier molecular flexibility index (Phi) is 3.97. The summed E-state index contributed by atoms with van der Waals surface area (Å²) in [4.78, 5) is 8.59. The molecule has 1 aromatic carbocycles. The van der Waals surface area contributed by atoms with Gasteiger partial charge in [-0.05, 0) is 25.5 Å². The van der Waals surface area contributed by atoms with Crippen LogP contribution >= 0.6 is 11.6 Å². The van der Waals surface area contributed by atoms with Gasteiger partial charge in [-0.1, -0.05) is 24.6 Å². The van der Waals surface area contributed by atoms with Gasteiger partial charge in [-0.2, -0.15) is 0 Å². The van der Waals surface area contributed by atoms with Gasteiger partial charge in [-0.15, -0.1) is 0 Å².